The van der Waals surface area contributed by atoms with Crippen LogP contribution in [-0.2, 0) is 4.79 Å². The molecule has 6 nitrogen and oxygen atoms in total. The Balaban J connectivity index is 1.53. The van der Waals surface area contributed by atoms with Crippen LogP contribution in [0.15, 0.2) is 97.3 Å². The summed E-state index contributed by atoms with van der Waals surface area (Å²) in [4.78, 5) is 19.3. The zero-order chi connectivity index (χ0) is 23.5. The number of pyridine rings is 1. The minimum absolute atomic E-state index is 0.0250. The highest BCUT2D eigenvalue weighted by Gasteiger charge is 2.42. The normalized spacial score (nSPS) is 17.4. The van der Waals surface area contributed by atoms with E-state index < -0.39 is 6.04 Å². The Bertz CT molecular complexity index is 1310. The Hall–Kier alpha value is -4.04. The molecule has 2 aromatic heterocycles. The van der Waals surface area contributed by atoms with Gasteiger partial charge in [-0.1, -0.05) is 36.4 Å². The maximum absolute atomic E-state index is 14.7. The van der Waals surface area contributed by atoms with Crippen molar-refractivity contribution in [1.29, 1.82) is 0 Å². The molecule has 2 N–H and O–H groups in total. The van der Waals surface area contributed by atoms with Gasteiger partial charge in [0.15, 0.2) is 5.11 Å². The molecule has 8 heteroatoms. The van der Waals surface area contributed by atoms with E-state index in [9.17, 15) is 9.18 Å². The first-order valence-electron chi connectivity index (χ1n) is 10.9. The number of amides is 1. The molecule has 0 bridgehead atoms. The average Bonchev–Trinajstić information content (AvgIpc) is 3.45. The average molecular weight is 472 g/mol. The molecule has 4 aromatic rings. The third kappa shape index (κ3) is 4.27. The van der Waals surface area contributed by atoms with Gasteiger partial charge >= 0.3 is 0 Å². The zero-order valence-electron chi connectivity index (χ0n) is 18.1. The van der Waals surface area contributed by atoms with Gasteiger partial charge < -0.3 is 20.1 Å². The van der Waals surface area contributed by atoms with Gasteiger partial charge in [0.1, 0.15) is 12.4 Å². The highest BCUT2D eigenvalue weighted by Crippen LogP contribution is 2.39. The number of halogens is 1. The highest BCUT2D eigenvalue weighted by molar-refractivity contribution is 7.80. The summed E-state index contributed by atoms with van der Waals surface area (Å²) < 4.78 is 16.5. The molecule has 5 rings (SSSR count). The molecule has 1 saturated heterocycles. The van der Waals surface area contributed by atoms with Gasteiger partial charge in [0.05, 0.1) is 23.5 Å². The van der Waals surface area contributed by atoms with Gasteiger partial charge in [0.25, 0.3) is 0 Å². The van der Waals surface area contributed by atoms with Crippen LogP contribution in [0, 0.1) is 5.82 Å². The van der Waals surface area contributed by atoms with Crippen LogP contribution in [0.25, 0.3) is 5.69 Å². The first kappa shape index (κ1) is 21.8. The maximum Gasteiger partial charge on any atom is 0.244 e. The molecule has 2 atom stereocenters. The van der Waals surface area contributed by atoms with Gasteiger partial charge in [-0.05, 0) is 60.7 Å². The van der Waals surface area contributed by atoms with Crippen LogP contribution in [0.3, 0.4) is 0 Å². The van der Waals surface area contributed by atoms with Crippen molar-refractivity contribution in [3.05, 3.63) is 115 Å². The van der Waals surface area contributed by atoms with Crippen LogP contribution in [0.1, 0.15) is 23.5 Å². The Morgan fingerprint density at radius 2 is 1.76 bits per heavy atom. The SMILES string of the molecule is O=C(CN1C(=S)N[C@@H](c2ccccn2)[C@@H]1c1cccn1-c1ccccc1F)Nc1ccccc1. The number of hydrogen-bond acceptors (Lipinski definition) is 3. The lowest BCUT2D eigenvalue weighted by Gasteiger charge is -2.28. The van der Waals surface area contributed by atoms with Crippen molar-refractivity contribution in [2.45, 2.75) is 12.1 Å². The lowest BCUT2D eigenvalue weighted by Crippen LogP contribution is -2.37. The number of thiocarbonyl (C=S) groups is 1. The third-order valence-electron chi connectivity index (χ3n) is 5.76. The van der Waals surface area contributed by atoms with E-state index in [0.717, 1.165) is 11.4 Å². The number of nitrogens with zero attached hydrogens (tertiary/aromatic N) is 3. The molecule has 1 amide bonds. The maximum atomic E-state index is 14.7. The number of rotatable bonds is 6. The number of para-hydroxylation sites is 2. The van der Waals surface area contributed by atoms with Crippen molar-refractivity contribution in [3.63, 3.8) is 0 Å². The Labute approximate surface area is 202 Å². The summed E-state index contributed by atoms with van der Waals surface area (Å²) in [5, 5.41) is 6.68. The largest absolute Gasteiger partial charge is 0.352 e. The summed E-state index contributed by atoms with van der Waals surface area (Å²) >= 11 is 5.66. The summed E-state index contributed by atoms with van der Waals surface area (Å²) in [7, 11) is 0. The van der Waals surface area contributed by atoms with Gasteiger partial charge in [-0.15, -0.1) is 0 Å². The van der Waals surface area contributed by atoms with E-state index in [1.54, 1.807) is 29.0 Å². The van der Waals surface area contributed by atoms with Crippen molar-refractivity contribution in [2.75, 3.05) is 11.9 Å². The summed E-state index contributed by atoms with van der Waals surface area (Å²) in [6.45, 7) is 0.0250. The molecule has 1 aliphatic heterocycles. The number of hydrogen-bond donors (Lipinski definition) is 2. The summed E-state index contributed by atoms with van der Waals surface area (Å²) in [6, 6.07) is 24.6. The van der Waals surface area contributed by atoms with Crippen LogP contribution in [0.5, 0.6) is 0 Å². The molecule has 1 fully saturated rings. The van der Waals surface area contributed by atoms with Gasteiger partial charge in [0, 0.05) is 23.8 Å². The van der Waals surface area contributed by atoms with Crippen LogP contribution in [0.2, 0.25) is 0 Å². The van der Waals surface area contributed by atoms with E-state index in [4.69, 9.17) is 12.2 Å². The standard InChI is InChI=1S/C26H22FN5OS/c27-19-11-4-5-13-21(19)31-16-8-14-22(31)25-24(20-12-6-7-15-28-20)30-26(34)32(25)17-23(33)29-18-9-2-1-3-10-18/h1-16,24-25H,17H2,(H,29,33)(H,30,34)/t24-,25-/m0/s1. The Morgan fingerprint density at radius 3 is 2.53 bits per heavy atom. The second kappa shape index (κ2) is 9.44. The molecule has 0 saturated carbocycles. The Morgan fingerprint density at radius 1 is 1.00 bits per heavy atom. The highest BCUT2D eigenvalue weighted by atomic mass is 32.1. The third-order valence-corrected chi connectivity index (χ3v) is 6.12. The van der Waals surface area contributed by atoms with Crippen molar-refractivity contribution in [1.82, 2.24) is 19.8 Å². The van der Waals surface area contributed by atoms with Crippen molar-refractivity contribution >= 4 is 28.9 Å². The molecule has 0 spiro atoms. The molecule has 0 radical (unpaired) electrons. The number of anilines is 1. The Kier molecular flexibility index (Phi) is 6.05. The molecule has 34 heavy (non-hydrogen) atoms. The van der Waals surface area contributed by atoms with E-state index in [-0.39, 0.29) is 24.3 Å². The molecular formula is C26H22FN5OS. The number of carbonyl (C=O) groups excluding carboxylic acids is 1. The van der Waals surface area contributed by atoms with Crippen molar-refractivity contribution < 1.29 is 9.18 Å². The second-order valence-corrected chi connectivity index (χ2v) is 8.31. The monoisotopic (exact) mass is 471 g/mol. The van der Waals surface area contributed by atoms with Gasteiger partial charge in [-0.25, -0.2) is 4.39 Å². The quantitative estimate of drug-likeness (QED) is 0.402. The first-order chi connectivity index (χ1) is 16.6. The van der Waals surface area contributed by atoms with Gasteiger partial charge in [-0.3, -0.25) is 9.78 Å². The van der Waals surface area contributed by atoms with Crippen molar-refractivity contribution in [2.24, 2.45) is 0 Å². The molecule has 0 aliphatic carbocycles. The summed E-state index contributed by atoms with van der Waals surface area (Å²) in [6.07, 6.45) is 3.53. The fourth-order valence-electron chi connectivity index (χ4n) is 4.28. The van der Waals surface area contributed by atoms with E-state index in [1.165, 1.54) is 6.07 Å². The fraction of sp³-hybridized carbons (Fsp3) is 0.115. The second-order valence-electron chi connectivity index (χ2n) is 7.92. The molecule has 3 heterocycles. The van der Waals surface area contributed by atoms with E-state index in [0.29, 0.717) is 16.5 Å². The summed E-state index contributed by atoms with van der Waals surface area (Å²) in [5.41, 5.74) is 2.70. The first-order valence-corrected chi connectivity index (χ1v) is 11.3. The smallest absolute Gasteiger partial charge is 0.244 e. The molecule has 170 valence electrons. The molecule has 1 aliphatic rings. The minimum Gasteiger partial charge on any atom is -0.352 e. The number of benzene rings is 2. The molecular weight excluding hydrogens is 449 g/mol. The number of carbonyl (C=O) groups is 1. The van der Waals surface area contributed by atoms with E-state index in [2.05, 4.69) is 15.6 Å². The van der Waals surface area contributed by atoms with E-state index in [1.807, 2.05) is 71.8 Å². The number of nitrogens with one attached hydrogen (secondary N) is 2. The van der Waals surface area contributed by atoms with Crippen LogP contribution in [0.4, 0.5) is 10.1 Å². The lowest BCUT2D eigenvalue weighted by molar-refractivity contribution is -0.116. The predicted molar refractivity (Wildman–Crippen MR) is 133 cm³/mol. The van der Waals surface area contributed by atoms with Gasteiger partial charge in [-0.2, -0.15) is 0 Å². The predicted octanol–water partition coefficient (Wildman–Crippen LogP) is 4.62. The number of aromatic nitrogens is 2. The zero-order valence-corrected chi connectivity index (χ0v) is 19.0. The van der Waals surface area contributed by atoms with Crippen LogP contribution >= 0.6 is 12.2 Å². The topological polar surface area (TPSA) is 62.2 Å². The van der Waals surface area contributed by atoms with Crippen LogP contribution in [-0.4, -0.2) is 32.0 Å². The molecule has 2 aromatic carbocycles. The van der Waals surface area contributed by atoms with Crippen molar-refractivity contribution in [3.8, 4) is 5.69 Å². The minimum atomic E-state index is -0.390. The van der Waals surface area contributed by atoms with Gasteiger partial charge in [0.2, 0.25) is 5.91 Å². The molecule has 0 unspecified atom stereocenters. The summed E-state index contributed by atoms with van der Waals surface area (Å²) in [5.74, 6) is -0.540. The lowest BCUT2D eigenvalue weighted by atomic mass is 10.0. The van der Waals surface area contributed by atoms with Crippen LogP contribution < -0.4 is 10.6 Å². The fourth-order valence-corrected chi connectivity index (χ4v) is 4.58. The van der Waals surface area contributed by atoms with E-state index >= 15 is 0 Å².